The van der Waals surface area contributed by atoms with Gasteiger partial charge in [0.2, 0.25) is 5.91 Å². The van der Waals surface area contributed by atoms with Crippen LogP contribution in [0.5, 0.6) is 0 Å². The molecule has 0 saturated heterocycles. The largest absolute Gasteiger partial charge is 0.481 e. The number of carboxylic acid groups (broad SMARTS) is 1. The second-order valence-corrected chi connectivity index (χ2v) is 4.20. The third kappa shape index (κ3) is 2.74. The van der Waals surface area contributed by atoms with Crippen LogP contribution in [0.2, 0.25) is 0 Å². The van der Waals surface area contributed by atoms with Gasteiger partial charge in [-0.1, -0.05) is 18.2 Å². The highest BCUT2D eigenvalue weighted by molar-refractivity contribution is 5.94. The summed E-state index contributed by atoms with van der Waals surface area (Å²) in [6.07, 6.45) is 6.09. The molecule has 0 fully saturated rings. The average molecular weight is 246 g/mol. The van der Waals surface area contributed by atoms with E-state index in [1.165, 1.54) is 0 Å². The molecular weight excluding hydrogens is 232 g/mol. The molecule has 0 saturated carbocycles. The molecule has 2 rings (SSSR count). The number of aromatic nitrogens is 1. The zero-order chi connectivity index (χ0) is 13.0. The van der Waals surface area contributed by atoms with E-state index in [1.54, 1.807) is 24.4 Å². The number of hydrogen-bond donors (Lipinski definition) is 2. The maximum absolute atomic E-state index is 12.0. The van der Waals surface area contributed by atoms with Crippen LogP contribution in [-0.4, -0.2) is 22.0 Å². The normalized spacial score (nSPS) is 22.4. The SMILES string of the molecule is O=C(O)C1CC=CCC1C(=O)Nc1ccccn1. The second-order valence-electron chi connectivity index (χ2n) is 4.20. The fraction of sp³-hybridized carbons (Fsp3) is 0.308. The van der Waals surface area contributed by atoms with E-state index in [2.05, 4.69) is 10.3 Å². The van der Waals surface area contributed by atoms with Crippen LogP contribution >= 0.6 is 0 Å². The number of hydrogen-bond acceptors (Lipinski definition) is 3. The van der Waals surface area contributed by atoms with E-state index in [0.29, 0.717) is 18.7 Å². The maximum Gasteiger partial charge on any atom is 0.307 e. The van der Waals surface area contributed by atoms with Crippen molar-refractivity contribution in [1.29, 1.82) is 0 Å². The summed E-state index contributed by atoms with van der Waals surface area (Å²) in [7, 11) is 0. The zero-order valence-electron chi connectivity index (χ0n) is 9.74. The van der Waals surface area contributed by atoms with Crippen LogP contribution in [0.25, 0.3) is 0 Å². The zero-order valence-corrected chi connectivity index (χ0v) is 9.74. The quantitative estimate of drug-likeness (QED) is 0.795. The number of anilines is 1. The van der Waals surface area contributed by atoms with Crippen molar-refractivity contribution in [1.82, 2.24) is 4.98 Å². The molecule has 0 spiro atoms. The standard InChI is InChI=1S/C13H14N2O3/c16-12(15-11-7-3-4-8-14-11)9-5-1-2-6-10(9)13(17)18/h1-4,7-10H,5-6H2,(H,17,18)(H,14,15,16). The molecule has 2 unspecified atom stereocenters. The highest BCUT2D eigenvalue weighted by Gasteiger charge is 2.33. The molecule has 18 heavy (non-hydrogen) atoms. The number of rotatable bonds is 3. The maximum atomic E-state index is 12.0. The first-order valence-corrected chi connectivity index (χ1v) is 5.78. The molecule has 2 atom stereocenters. The van der Waals surface area contributed by atoms with Crippen molar-refractivity contribution in [3.8, 4) is 0 Å². The number of pyridine rings is 1. The van der Waals surface area contributed by atoms with Crippen molar-refractivity contribution in [3.63, 3.8) is 0 Å². The first-order valence-electron chi connectivity index (χ1n) is 5.78. The van der Waals surface area contributed by atoms with Crippen molar-refractivity contribution in [2.75, 3.05) is 5.32 Å². The summed E-state index contributed by atoms with van der Waals surface area (Å²) in [5.41, 5.74) is 0. The molecule has 1 aromatic heterocycles. The Hall–Kier alpha value is -2.17. The summed E-state index contributed by atoms with van der Waals surface area (Å²) in [6, 6.07) is 5.18. The molecule has 1 aromatic rings. The Morgan fingerprint density at radius 2 is 1.94 bits per heavy atom. The Bertz CT molecular complexity index is 470. The van der Waals surface area contributed by atoms with Crippen molar-refractivity contribution in [3.05, 3.63) is 36.5 Å². The molecular formula is C13H14N2O3. The number of allylic oxidation sites excluding steroid dienone is 2. The van der Waals surface area contributed by atoms with Crippen LogP contribution in [0.4, 0.5) is 5.82 Å². The molecule has 1 amide bonds. The van der Waals surface area contributed by atoms with Gasteiger partial charge < -0.3 is 10.4 Å². The third-order valence-electron chi connectivity index (χ3n) is 3.00. The van der Waals surface area contributed by atoms with Gasteiger partial charge in [-0.3, -0.25) is 9.59 Å². The first kappa shape index (κ1) is 12.3. The lowest BCUT2D eigenvalue weighted by atomic mass is 9.82. The number of nitrogens with one attached hydrogen (secondary N) is 1. The van der Waals surface area contributed by atoms with Crippen LogP contribution in [0.15, 0.2) is 36.5 Å². The Kier molecular flexibility index (Phi) is 3.72. The second kappa shape index (κ2) is 5.44. The molecule has 5 heteroatoms. The lowest BCUT2D eigenvalue weighted by Gasteiger charge is -2.23. The van der Waals surface area contributed by atoms with Crippen LogP contribution < -0.4 is 5.32 Å². The molecule has 94 valence electrons. The fourth-order valence-electron chi connectivity index (χ4n) is 2.03. The van der Waals surface area contributed by atoms with E-state index in [9.17, 15) is 9.59 Å². The van der Waals surface area contributed by atoms with Gasteiger partial charge in [-0.2, -0.15) is 0 Å². The number of amides is 1. The first-order chi connectivity index (χ1) is 8.68. The van der Waals surface area contributed by atoms with Gasteiger partial charge in [0, 0.05) is 6.20 Å². The van der Waals surface area contributed by atoms with Crippen LogP contribution in [0.1, 0.15) is 12.8 Å². The highest BCUT2D eigenvalue weighted by Crippen LogP contribution is 2.26. The van der Waals surface area contributed by atoms with Crippen LogP contribution in [0, 0.1) is 11.8 Å². The minimum Gasteiger partial charge on any atom is -0.481 e. The van der Waals surface area contributed by atoms with Crippen molar-refractivity contribution >= 4 is 17.7 Å². The number of aliphatic carboxylic acids is 1. The van der Waals surface area contributed by atoms with E-state index in [4.69, 9.17) is 5.11 Å². The van der Waals surface area contributed by atoms with Gasteiger partial charge in [-0.05, 0) is 25.0 Å². The molecule has 1 heterocycles. The van der Waals surface area contributed by atoms with Crippen LogP contribution in [-0.2, 0) is 9.59 Å². The van der Waals surface area contributed by atoms with E-state index in [-0.39, 0.29) is 5.91 Å². The molecule has 0 aromatic carbocycles. The summed E-state index contributed by atoms with van der Waals surface area (Å²) in [5.74, 6) is -1.96. The molecule has 0 radical (unpaired) electrons. The van der Waals surface area contributed by atoms with Gasteiger partial charge in [-0.15, -0.1) is 0 Å². The summed E-state index contributed by atoms with van der Waals surface area (Å²) in [4.78, 5) is 27.1. The lowest BCUT2D eigenvalue weighted by Crippen LogP contribution is -2.34. The van der Waals surface area contributed by atoms with Crippen molar-refractivity contribution < 1.29 is 14.7 Å². The number of nitrogens with zero attached hydrogens (tertiary/aromatic N) is 1. The van der Waals surface area contributed by atoms with Gasteiger partial charge in [0.05, 0.1) is 11.8 Å². The van der Waals surface area contributed by atoms with Gasteiger partial charge in [0.15, 0.2) is 0 Å². The number of carboxylic acids is 1. The third-order valence-corrected chi connectivity index (χ3v) is 3.00. The van der Waals surface area contributed by atoms with Gasteiger partial charge in [-0.25, -0.2) is 4.98 Å². The molecule has 0 bridgehead atoms. The summed E-state index contributed by atoms with van der Waals surface area (Å²) >= 11 is 0. The number of carbonyl (C=O) groups is 2. The minimum atomic E-state index is -0.930. The predicted octanol–water partition coefficient (Wildman–Crippen LogP) is 1.69. The molecule has 1 aliphatic rings. The summed E-state index contributed by atoms with van der Waals surface area (Å²) < 4.78 is 0. The molecule has 5 nitrogen and oxygen atoms in total. The van der Waals surface area contributed by atoms with Crippen molar-refractivity contribution in [2.45, 2.75) is 12.8 Å². The Labute approximate surface area is 105 Å². The predicted molar refractivity (Wildman–Crippen MR) is 65.9 cm³/mol. The summed E-state index contributed by atoms with van der Waals surface area (Å²) in [5, 5.41) is 11.7. The minimum absolute atomic E-state index is 0.287. The highest BCUT2D eigenvalue weighted by atomic mass is 16.4. The van der Waals surface area contributed by atoms with Gasteiger partial charge in [0.1, 0.15) is 5.82 Å². The van der Waals surface area contributed by atoms with Gasteiger partial charge >= 0.3 is 5.97 Å². The monoisotopic (exact) mass is 246 g/mol. The van der Waals surface area contributed by atoms with Crippen LogP contribution in [0.3, 0.4) is 0 Å². The van der Waals surface area contributed by atoms with E-state index in [1.807, 2.05) is 12.2 Å². The Balaban J connectivity index is 2.08. The lowest BCUT2D eigenvalue weighted by molar-refractivity contribution is -0.146. The molecule has 2 N–H and O–H groups in total. The Morgan fingerprint density at radius 3 is 2.56 bits per heavy atom. The molecule has 1 aliphatic carbocycles. The molecule has 0 aliphatic heterocycles. The topological polar surface area (TPSA) is 79.3 Å². The van der Waals surface area contributed by atoms with Crippen molar-refractivity contribution in [2.24, 2.45) is 11.8 Å². The Morgan fingerprint density at radius 1 is 1.22 bits per heavy atom. The fourth-order valence-corrected chi connectivity index (χ4v) is 2.03. The number of carbonyl (C=O) groups excluding carboxylic acids is 1. The van der Waals surface area contributed by atoms with E-state index in [0.717, 1.165) is 0 Å². The van der Waals surface area contributed by atoms with Gasteiger partial charge in [0.25, 0.3) is 0 Å². The smallest absolute Gasteiger partial charge is 0.307 e. The summed E-state index contributed by atoms with van der Waals surface area (Å²) in [6.45, 7) is 0. The van der Waals surface area contributed by atoms with E-state index >= 15 is 0 Å². The average Bonchev–Trinajstić information content (AvgIpc) is 2.40. The van der Waals surface area contributed by atoms with E-state index < -0.39 is 17.8 Å².